The van der Waals surface area contributed by atoms with Crippen molar-refractivity contribution in [2.45, 2.75) is 38.6 Å². The second-order valence-electron chi connectivity index (χ2n) is 5.60. The molecule has 0 radical (unpaired) electrons. The Kier molecular flexibility index (Phi) is 6.52. The number of rotatable bonds is 7. The van der Waals surface area contributed by atoms with Gasteiger partial charge in [0, 0.05) is 25.6 Å². The van der Waals surface area contributed by atoms with Gasteiger partial charge >= 0.3 is 0 Å². The van der Waals surface area contributed by atoms with E-state index in [1.165, 1.54) is 0 Å². The van der Waals surface area contributed by atoms with Gasteiger partial charge in [0.15, 0.2) is 0 Å². The van der Waals surface area contributed by atoms with Crippen molar-refractivity contribution in [2.24, 2.45) is 5.73 Å². The van der Waals surface area contributed by atoms with Crippen LogP contribution in [0.1, 0.15) is 32.6 Å². The highest BCUT2D eigenvalue weighted by Gasteiger charge is 2.20. The van der Waals surface area contributed by atoms with Gasteiger partial charge in [0.25, 0.3) is 0 Å². The summed E-state index contributed by atoms with van der Waals surface area (Å²) in [7, 11) is 0. The lowest BCUT2D eigenvalue weighted by molar-refractivity contribution is -0.132. The van der Waals surface area contributed by atoms with Crippen LogP contribution < -0.4 is 15.2 Å². The standard InChI is InChI=1S/C17H26N2O3/c1-2-21-15-7-9-16(10-8-15)22-12-4-6-17(20)19-11-3-5-14(18)13-19/h7-10,14H,2-6,11-13,18H2,1H3. The Hall–Kier alpha value is -1.75. The lowest BCUT2D eigenvalue weighted by atomic mass is 10.1. The monoisotopic (exact) mass is 306 g/mol. The van der Waals surface area contributed by atoms with Gasteiger partial charge in [-0.15, -0.1) is 0 Å². The quantitative estimate of drug-likeness (QED) is 0.784. The topological polar surface area (TPSA) is 64.8 Å². The van der Waals surface area contributed by atoms with Crippen LogP contribution in [0.15, 0.2) is 24.3 Å². The summed E-state index contributed by atoms with van der Waals surface area (Å²) < 4.78 is 11.0. The highest BCUT2D eigenvalue weighted by molar-refractivity contribution is 5.76. The van der Waals surface area contributed by atoms with E-state index in [2.05, 4.69) is 0 Å². The van der Waals surface area contributed by atoms with Gasteiger partial charge in [0.1, 0.15) is 11.5 Å². The van der Waals surface area contributed by atoms with Crippen molar-refractivity contribution in [2.75, 3.05) is 26.3 Å². The molecule has 1 heterocycles. The Morgan fingerprint density at radius 1 is 1.27 bits per heavy atom. The maximum Gasteiger partial charge on any atom is 0.222 e. The van der Waals surface area contributed by atoms with Crippen LogP contribution in [0.25, 0.3) is 0 Å². The molecule has 0 aliphatic carbocycles. The van der Waals surface area contributed by atoms with E-state index in [4.69, 9.17) is 15.2 Å². The minimum absolute atomic E-state index is 0.137. The molecule has 1 aliphatic heterocycles. The predicted octanol–water partition coefficient (Wildman–Crippen LogP) is 2.19. The highest BCUT2D eigenvalue weighted by atomic mass is 16.5. The second-order valence-corrected chi connectivity index (χ2v) is 5.60. The molecule has 1 amide bonds. The molecular formula is C17H26N2O3. The molecule has 5 nitrogen and oxygen atoms in total. The number of likely N-dealkylation sites (tertiary alicyclic amines) is 1. The van der Waals surface area contributed by atoms with Gasteiger partial charge in [-0.05, 0) is 50.5 Å². The first-order valence-electron chi connectivity index (χ1n) is 8.08. The third kappa shape index (κ3) is 5.22. The van der Waals surface area contributed by atoms with Crippen molar-refractivity contribution in [3.8, 4) is 11.5 Å². The molecule has 1 unspecified atom stereocenters. The van der Waals surface area contributed by atoms with E-state index in [-0.39, 0.29) is 11.9 Å². The Balaban J connectivity index is 1.65. The molecule has 1 aromatic carbocycles. The summed E-state index contributed by atoms with van der Waals surface area (Å²) in [4.78, 5) is 13.9. The number of nitrogens with two attached hydrogens (primary N) is 1. The number of amides is 1. The van der Waals surface area contributed by atoms with Crippen LogP contribution >= 0.6 is 0 Å². The number of hydrogen-bond donors (Lipinski definition) is 1. The zero-order valence-electron chi connectivity index (χ0n) is 13.3. The van der Waals surface area contributed by atoms with Crippen molar-refractivity contribution in [1.29, 1.82) is 0 Å². The zero-order chi connectivity index (χ0) is 15.8. The van der Waals surface area contributed by atoms with Crippen LogP contribution in [0.2, 0.25) is 0 Å². The Bertz CT molecular complexity index is 461. The molecule has 22 heavy (non-hydrogen) atoms. The van der Waals surface area contributed by atoms with Crippen LogP contribution in [-0.4, -0.2) is 43.2 Å². The van der Waals surface area contributed by atoms with Gasteiger partial charge < -0.3 is 20.1 Å². The van der Waals surface area contributed by atoms with Crippen molar-refractivity contribution in [1.82, 2.24) is 4.90 Å². The summed E-state index contributed by atoms with van der Waals surface area (Å²) in [6.45, 7) is 4.68. The van der Waals surface area contributed by atoms with Crippen molar-refractivity contribution >= 4 is 5.91 Å². The normalized spacial score (nSPS) is 18.1. The smallest absolute Gasteiger partial charge is 0.222 e. The number of piperidine rings is 1. The van der Waals surface area contributed by atoms with Gasteiger partial charge in [-0.3, -0.25) is 4.79 Å². The first-order valence-corrected chi connectivity index (χ1v) is 8.08. The summed E-state index contributed by atoms with van der Waals surface area (Å²) in [5, 5.41) is 0. The van der Waals surface area contributed by atoms with Crippen LogP contribution in [0.3, 0.4) is 0 Å². The lowest BCUT2D eigenvalue weighted by Crippen LogP contribution is -2.45. The Morgan fingerprint density at radius 3 is 2.59 bits per heavy atom. The zero-order valence-corrected chi connectivity index (χ0v) is 13.3. The van der Waals surface area contributed by atoms with Gasteiger partial charge in [-0.25, -0.2) is 0 Å². The lowest BCUT2D eigenvalue weighted by Gasteiger charge is -2.30. The molecular weight excluding hydrogens is 280 g/mol. The van der Waals surface area contributed by atoms with E-state index in [1.807, 2.05) is 36.1 Å². The molecule has 2 rings (SSSR count). The number of hydrogen-bond acceptors (Lipinski definition) is 4. The van der Waals surface area contributed by atoms with Crippen LogP contribution in [-0.2, 0) is 4.79 Å². The minimum atomic E-state index is 0.137. The molecule has 5 heteroatoms. The predicted molar refractivity (Wildman–Crippen MR) is 86.1 cm³/mol. The fraction of sp³-hybridized carbons (Fsp3) is 0.588. The fourth-order valence-electron chi connectivity index (χ4n) is 2.61. The Labute approximate surface area is 132 Å². The maximum atomic E-state index is 12.1. The number of carbonyl (C=O) groups is 1. The minimum Gasteiger partial charge on any atom is -0.494 e. The van der Waals surface area contributed by atoms with E-state index >= 15 is 0 Å². The summed E-state index contributed by atoms with van der Waals surface area (Å²) in [5.74, 6) is 1.83. The molecule has 1 saturated heterocycles. The third-order valence-corrected chi connectivity index (χ3v) is 3.75. The van der Waals surface area contributed by atoms with Crippen molar-refractivity contribution < 1.29 is 14.3 Å². The maximum absolute atomic E-state index is 12.1. The first kappa shape index (κ1) is 16.6. The van der Waals surface area contributed by atoms with E-state index < -0.39 is 0 Å². The van der Waals surface area contributed by atoms with Crippen molar-refractivity contribution in [3.63, 3.8) is 0 Å². The molecule has 0 spiro atoms. The molecule has 2 N–H and O–H groups in total. The van der Waals surface area contributed by atoms with E-state index in [1.54, 1.807) is 0 Å². The Morgan fingerprint density at radius 2 is 1.95 bits per heavy atom. The fourth-order valence-corrected chi connectivity index (χ4v) is 2.61. The van der Waals surface area contributed by atoms with Gasteiger partial charge in [-0.1, -0.05) is 0 Å². The molecule has 0 bridgehead atoms. The average Bonchev–Trinajstić information content (AvgIpc) is 2.53. The van der Waals surface area contributed by atoms with Crippen molar-refractivity contribution in [3.05, 3.63) is 24.3 Å². The van der Waals surface area contributed by atoms with Crippen LogP contribution in [0.5, 0.6) is 11.5 Å². The van der Waals surface area contributed by atoms with Crippen LogP contribution in [0.4, 0.5) is 0 Å². The van der Waals surface area contributed by atoms with Gasteiger partial charge in [0.2, 0.25) is 5.91 Å². The number of nitrogens with zero attached hydrogens (tertiary/aromatic N) is 1. The molecule has 1 atom stereocenters. The highest BCUT2D eigenvalue weighted by Crippen LogP contribution is 2.18. The molecule has 1 fully saturated rings. The van der Waals surface area contributed by atoms with Gasteiger partial charge in [0.05, 0.1) is 13.2 Å². The van der Waals surface area contributed by atoms with E-state index in [0.29, 0.717) is 26.2 Å². The van der Waals surface area contributed by atoms with Crippen LogP contribution in [0, 0.1) is 0 Å². The average molecular weight is 306 g/mol. The number of carbonyl (C=O) groups excluding carboxylic acids is 1. The summed E-state index contributed by atoms with van der Waals surface area (Å²) >= 11 is 0. The summed E-state index contributed by atoms with van der Waals surface area (Å²) in [6.07, 6.45) is 3.27. The number of ether oxygens (including phenoxy) is 2. The third-order valence-electron chi connectivity index (χ3n) is 3.75. The number of benzene rings is 1. The summed E-state index contributed by atoms with van der Waals surface area (Å²) in [6, 6.07) is 7.68. The largest absolute Gasteiger partial charge is 0.494 e. The van der Waals surface area contributed by atoms with E-state index in [0.717, 1.165) is 37.3 Å². The molecule has 1 aliphatic rings. The SMILES string of the molecule is CCOc1ccc(OCCCC(=O)N2CCCC(N)C2)cc1. The van der Waals surface area contributed by atoms with E-state index in [9.17, 15) is 4.79 Å². The molecule has 0 saturated carbocycles. The molecule has 0 aromatic heterocycles. The molecule has 122 valence electrons. The summed E-state index contributed by atoms with van der Waals surface area (Å²) in [5.41, 5.74) is 5.90. The second kappa shape index (κ2) is 8.63. The molecule has 1 aromatic rings. The first-order chi connectivity index (χ1) is 10.7. The van der Waals surface area contributed by atoms with Gasteiger partial charge in [-0.2, -0.15) is 0 Å².